The Balaban J connectivity index is 2.02. The zero-order valence-corrected chi connectivity index (χ0v) is 11.1. The van der Waals surface area contributed by atoms with E-state index in [4.69, 9.17) is 33.0 Å². The number of aliphatic hydroxyl groups excluding tert-OH is 2. The number of imidazole rings is 1. The fourth-order valence-corrected chi connectivity index (χ4v) is 2.54. The number of nitrogens with zero attached hydrogens (tertiary/aromatic N) is 4. The normalized spacial score (nSPS) is 27.3. The fourth-order valence-electron chi connectivity index (χ4n) is 2.12. The van der Waals surface area contributed by atoms with Crippen molar-refractivity contribution in [3.8, 4) is 0 Å². The van der Waals surface area contributed by atoms with Crippen molar-refractivity contribution in [2.75, 3.05) is 6.61 Å². The number of halogens is 2. The molecule has 2 aromatic heterocycles. The van der Waals surface area contributed by atoms with Gasteiger partial charge in [-0.25, -0.2) is 9.97 Å². The maximum Gasteiger partial charge on any atom is 0.225 e. The van der Waals surface area contributed by atoms with E-state index in [0.717, 1.165) is 0 Å². The highest BCUT2D eigenvalue weighted by atomic mass is 35.5. The predicted octanol–water partition coefficient (Wildman–Crippen LogP) is 0.774. The monoisotopic (exact) mass is 304 g/mol. The van der Waals surface area contributed by atoms with E-state index in [1.54, 1.807) is 4.57 Å². The lowest BCUT2D eigenvalue weighted by Gasteiger charge is -2.13. The second-order valence-corrected chi connectivity index (χ2v) is 4.92. The summed E-state index contributed by atoms with van der Waals surface area (Å²) in [5, 5.41) is 19.0. The van der Waals surface area contributed by atoms with Crippen molar-refractivity contribution in [2.45, 2.75) is 24.9 Å². The first kappa shape index (κ1) is 13.0. The number of rotatable bonds is 2. The molecule has 1 aliphatic heterocycles. The molecule has 0 radical (unpaired) electrons. The molecule has 2 N–H and O–H groups in total. The molecule has 3 heterocycles. The van der Waals surface area contributed by atoms with Crippen molar-refractivity contribution < 1.29 is 14.9 Å². The second-order valence-electron chi connectivity index (χ2n) is 4.22. The molecule has 7 nitrogen and oxygen atoms in total. The molecule has 1 aliphatic rings. The SMILES string of the molecule is OC[C@H]1O[C@@H](n2cnc3c(Cl)nc(Cl)nc32)C[C@H]1O. The lowest BCUT2D eigenvalue weighted by atomic mass is 10.2. The van der Waals surface area contributed by atoms with Gasteiger partial charge in [-0.3, -0.25) is 4.57 Å². The van der Waals surface area contributed by atoms with Crippen molar-refractivity contribution in [3.05, 3.63) is 16.8 Å². The van der Waals surface area contributed by atoms with Crippen LogP contribution in [0.25, 0.3) is 11.2 Å². The van der Waals surface area contributed by atoms with Crippen LogP contribution in [-0.2, 0) is 4.74 Å². The van der Waals surface area contributed by atoms with E-state index in [1.165, 1.54) is 6.33 Å². The molecule has 1 saturated heterocycles. The highest BCUT2D eigenvalue weighted by Crippen LogP contribution is 2.31. The molecule has 3 atom stereocenters. The van der Waals surface area contributed by atoms with Gasteiger partial charge in [0, 0.05) is 6.42 Å². The van der Waals surface area contributed by atoms with Crippen LogP contribution >= 0.6 is 23.2 Å². The van der Waals surface area contributed by atoms with Gasteiger partial charge in [-0.05, 0) is 11.6 Å². The predicted molar refractivity (Wildman–Crippen MR) is 67.0 cm³/mol. The first-order valence-electron chi connectivity index (χ1n) is 5.60. The molecule has 2 aromatic rings. The Morgan fingerprint density at radius 1 is 1.42 bits per heavy atom. The second kappa shape index (κ2) is 4.84. The number of hydrogen-bond acceptors (Lipinski definition) is 6. The molecule has 0 saturated carbocycles. The summed E-state index contributed by atoms with van der Waals surface area (Å²) < 4.78 is 7.15. The van der Waals surface area contributed by atoms with Crippen LogP contribution in [0.2, 0.25) is 10.4 Å². The molecule has 0 aromatic carbocycles. The first-order chi connectivity index (χ1) is 9.10. The van der Waals surface area contributed by atoms with Gasteiger partial charge < -0.3 is 14.9 Å². The quantitative estimate of drug-likeness (QED) is 0.629. The van der Waals surface area contributed by atoms with E-state index in [9.17, 15) is 5.11 Å². The number of aliphatic hydroxyl groups is 2. The number of hydrogen-bond donors (Lipinski definition) is 2. The summed E-state index contributed by atoms with van der Waals surface area (Å²) in [7, 11) is 0. The lowest BCUT2D eigenvalue weighted by Crippen LogP contribution is -2.24. The van der Waals surface area contributed by atoms with Gasteiger partial charge in [-0.2, -0.15) is 4.98 Å². The Morgan fingerprint density at radius 2 is 2.21 bits per heavy atom. The minimum absolute atomic E-state index is 0.0107. The highest BCUT2D eigenvalue weighted by Gasteiger charge is 2.35. The lowest BCUT2D eigenvalue weighted by molar-refractivity contribution is -0.0432. The molecule has 3 rings (SSSR count). The Hall–Kier alpha value is -0.990. The van der Waals surface area contributed by atoms with Gasteiger partial charge in [0.1, 0.15) is 17.8 Å². The summed E-state index contributed by atoms with van der Waals surface area (Å²) >= 11 is 11.7. The highest BCUT2D eigenvalue weighted by molar-refractivity contribution is 6.35. The maximum atomic E-state index is 9.74. The topological polar surface area (TPSA) is 93.3 Å². The van der Waals surface area contributed by atoms with Crippen LogP contribution in [0.1, 0.15) is 12.6 Å². The zero-order valence-electron chi connectivity index (χ0n) is 9.57. The molecule has 1 fully saturated rings. The van der Waals surface area contributed by atoms with Gasteiger partial charge in [0.05, 0.1) is 19.0 Å². The Labute approximate surface area is 117 Å². The van der Waals surface area contributed by atoms with Crippen molar-refractivity contribution in [1.82, 2.24) is 19.5 Å². The third-order valence-corrected chi connectivity index (χ3v) is 3.48. The van der Waals surface area contributed by atoms with Crippen LogP contribution in [0, 0.1) is 0 Å². The average molecular weight is 305 g/mol. The summed E-state index contributed by atoms with van der Waals surface area (Å²) in [6, 6.07) is 0. The van der Waals surface area contributed by atoms with Crippen molar-refractivity contribution in [1.29, 1.82) is 0 Å². The molecule has 0 unspecified atom stereocenters. The van der Waals surface area contributed by atoms with Crippen LogP contribution in [0.3, 0.4) is 0 Å². The molecule has 102 valence electrons. The average Bonchev–Trinajstić information content (AvgIpc) is 2.92. The van der Waals surface area contributed by atoms with E-state index < -0.39 is 18.4 Å². The molecule has 0 spiro atoms. The fraction of sp³-hybridized carbons (Fsp3) is 0.500. The first-order valence-corrected chi connectivity index (χ1v) is 6.35. The van der Waals surface area contributed by atoms with Gasteiger partial charge >= 0.3 is 0 Å². The van der Waals surface area contributed by atoms with E-state index >= 15 is 0 Å². The van der Waals surface area contributed by atoms with Gasteiger partial charge in [-0.1, -0.05) is 11.6 Å². The molecule has 0 bridgehead atoms. The standard InChI is InChI=1S/C10H10Cl2N4O3/c11-8-7-9(15-10(12)14-8)16(3-13-7)6-1-4(18)5(2-17)19-6/h3-6,17-18H,1-2H2/t4-,5-,6-/m1/s1. The Morgan fingerprint density at radius 3 is 2.89 bits per heavy atom. The van der Waals surface area contributed by atoms with E-state index in [2.05, 4.69) is 15.0 Å². The third kappa shape index (κ3) is 2.17. The van der Waals surface area contributed by atoms with Gasteiger partial charge in [0.15, 0.2) is 10.8 Å². The van der Waals surface area contributed by atoms with Crippen LogP contribution < -0.4 is 0 Å². The van der Waals surface area contributed by atoms with Gasteiger partial charge in [-0.15, -0.1) is 0 Å². The summed E-state index contributed by atoms with van der Waals surface area (Å²) in [6.45, 7) is -0.249. The largest absolute Gasteiger partial charge is 0.394 e. The van der Waals surface area contributed by atoms with Crippen LogP contribution in [0.5, 0.6) is 0 Å². The maximum absolute atomic E-state index is 9.74. The molecular formula is C10H10Cl2N4O3. The molecule has 0 aliphatic carbocycles. The van der Waals surface area contributed by atoms with Crippen molar-refractivity contribution >= 4 is 34.4 Å². The van der Waals surface area contributed by atoms with Crippen molar-refractivity contribution in [3.63, 3.8) is 0 Å². The summed E-state index contributed by atoms with van der Waals surface area (Å²) in [5.74, 6) is 0. The van der Waals surface area contributed by atoms with Gasteiger partial charge in [0.2, 0.25) is 5.28 Å². The van der Waals surface area contributed by atoms with E-state index in [1.807, 2.05) is 0 Å². The smallest absolute Gasteiger partial charge is 0.225 e. The van der Waals surface area contributed by atoms with Crippen LogP contribution in [0.15, 0.2) is 6.33 Å². The van der Waals surface area contributed by atoms with Crippen LogP contribution in [-0.4, -0.2) is 48.5 Å². The molecular weight excluding hydrogens is 295 g/mol. The zero-order chi connectivity index (χ0) is 13.6. The van der Waals surface area contributed by atoms with E-state index in [0.29, 0.717) is 17.6 Å². The molecule has 9 heteroatoms. The minimum Gasteiger partial charge on any atom is -0.394 e. The summed E-state index contributed by atoms with van der Waals surface area (Å²) in [4.78, 5) is 12.0. The Bertz CT molecular complexity index is 620. The van der Waals surface area contributed by atoms with Gasteiger partial charge in [0.25, 0.3) is 0 Å². The Kier molecular flexibility index (Phi) is 3.32. The number of ether oxygens (including phenoxy) is 1. The third-order valence-electron chi connectivity index (χ3n) is 3.05. The van der Waals surface area contributed by atoms with Crippen molar-refractivity contribution in [2.24, 2.45) is 0 Å². The molecule has 0 amide bonds. The van der Waals surface area contributed by atoms with E-state index in [-0.39, 0.29) is 17.0 Å². The summed E-state index contributed by atoms with van der Waals surface area (Å²) in [5.41, 5.74) is 0.845. The summed E-state index contributed by atoms with van der Waals surface area (Å²) in [6.07, 6.45) is 0.00360. The number of fused-ring (bicyclic) bond motifs is 1. The number of aromatic nitrogens is 4. The minimum atomic E-state index is -0.736. The van der Waals surface area contributed by atoms with Crippen LogP contribution in [0.4, 0.5) is 0 Å². The molecule has 19 heavy (non-hydrogen) atoms.